The first kappa shape index (κ1) is 14.8. The van der Waals surface area contributed by atoms with Gasteiger partial charge in [0.25, 0.3) is 5.91 Å². The number of aromatic nitrogens is 1. The predicted octanol–water partition coefficient (Wildman–Crippen LogP) is 3.04. The van der Waals surface area contributed by atoms with Crippen molar-refractivity contribution in [3.8, 4) is 0 Å². The molecule has 0 saturated carbocycles. The maximum absolute atomic E-state index is 12.4. The van der Waals surface area contributed by atoms with E-state index in [1.165, 1.54) is 6.20 Å². The van der Waals surface area contributed by atoms with Crippen LogP contribution in [0.5, 0.6) is 0 Å². The highest BCUT2D eigenvalue weighted by molar-refractivity contribution is 6.33. The van der Waals surface area contributed by atoms with Gasteiger partial charge in [-0.25, -0.2) is 4.98 Å². The van der Waals surface area contributed by atoms with Crippen LogP contribution in [0.25, 0.3) is 0 Å². The molecule has 0 unspecified atom stereocenters. The number of hydrogen-bond donors (Lipinski definition) is 1. The average Bonchev–Trinajstić information content (AvgIpc) is 2.39. The number of carbonyl (C=O) groups excluding carboxylic acids is 1. The van der Waals surface area contributed by atoms with E-state index in [0.29, 0.717) is 16.4 Å². The lowest BCUT2D eigenvalue weighted by Crippen LogP contribution is -2.36. The predicted molar refractivity (Wildman–Crippen MR) is 75.3 cm³/mol. The Morgan fingerprint density at radius 2 is 2.11 bits per heavy atom. The molecule has 1 aromatic rings. The zero-order valence-electron chi connectivity index (χ0n) is 11.3. The summed E-state index contributed by atoms with van der Waals surface area (Å²) in [7, 11) is 3.57. The van der Waals surface area contributed by atoms with Crippen molar-refractivity contribution in [1.29, 1.82) is 0 Å². The van der Waals surface area contributed by atoms with Crippen LogP contribution >= 0.6 is 11.6 Å². The molecular formula is C13H20ClN3O. The SMILES string of the molecule is CCC(CC)N(C)C(=O)c1cc(NC)ncc1Cl. The van der Waals surface area contributed by atoms with E-state index in [1.807, 2.05) is 7.05 Å². The quantitative estimate of drug-likeness (QED) is 0.894. The van der Waals surface area contributed by atoms with Gasteiger partial charge in [0.15, 0.2) is 0 Å². The average molecular weight is 270 g/mol. The fraction of sp³-hybridized carbons (Fsp3) is 0.538. The molecule has 0 aromatic carbocycles. The Kier molecular flexibility index (Phi) is 5.41. The fourth-order valence-electron chi connectivity index (χ4n) is 1.93. The van der Waals surface area contributed by atoms with Gasteiger partial charge in [0, 0.05) is 26.3 Å². The third kappa shape index (κ3) is 3.13. The molecule has 1 heterocycles. The van der Waals surface area contributed by atoms with Gasteiger partial charge in [-0.15, -0.1) is 0 Å². The molecule has 5 heteroatoms. The maximum Gasteiger partial charge on any atom is 0.255 e. The number of pyridine rings is 1. The first-order valence-electron chi connectivity index (χ1n) is 6.15. The highest BCUT2D eigenvalue weighted by atomic mass is 35.5. The van der Waals surface area contributed by atoms with Gasteiger partial charge in [-0.05, 0) is 18.9 Å². The highest BCUT2D eigenvalue weighted by Gasteiger charge is 2.21. The van der Waals surface area contributed by atoms with E-state index in [2.05, 4.69) is 24.1 Å². The second-order valence-corrected chi connectivity index (χ2v) is 4.59. The molecule has 1 amide bonds. The second kappa shape index (κ2) is 6.59. The van der Waals surface area contributed by atoms with Gasteiger partial charge in [-0.1, -0.05) is 25.4 Å². The van der Waals surface area contributed by atoms with Crippen LogP contribution in [0.1, 0.15) is 37.0 Å². The van der Waals surface area contributed by atoms with Crippen molar-refractivity contribution >= 4 is 23.3 Å². The van der Waals surface area contributed by atoms with Crippen LogP contribution in [-0.2, 0) is 0 Å². The Morgan fingerprint density at radius 1 is 1.50 bits per heavy atom. The summed E-state index contributed by atoms with van der Waals surface area (Å²) < 4.78 is 0. The van der Waals surface area contributed by atoms with E-state index >= 15 is 0 Å². The molecule has 0 spiro atoms. The molecule has 0 bridgehead atoms. The van der Waals surface area contributed by atoms with Crippen molar-refractivity contribution in [2.75, 3.05) is 19.4 Å². The molecule has 0 aliphatic rings. The smallest absolute Gasteiger partial charge is 0.255 e. The van der Waals surface area contributed by atoms with Gasteiger partial charge in [0.2, 0.25) is 0 Å². The van der Waals surface area contributed by atoms with Gasteiger partial charge < -0.3 is 10.2 Å². The second-order valence-electron chi connectivity index (χ2n) is 4.19. The third-order valence-corrected chi connectivity index (χ3v) is 3.45. The molecule has 0 radical (unpaired) electrons. The minimum Gasteiger partial charge on any atom is -0.373 e. The first-order chi connectivity index (χ1) is 8.54. The third-order valence-electron chi connectivity index (χ3n) is 3.15. The zero-order valence-corrected chi connectivity index (χ0v) is 12.1. The minimum absolute atomic E-state index is 0.0624. The van der Waals surface area contributed by atoms with Gasteiger partial charge in [-0.3, -0.25) is 4.79 Å². The number of rotatable bonds is 5. The van der Waals surface area contributed by atoms with E-state index in [4.69, 9.17) is 11.6 Å². The van der Waals surface area contributed by atoms with E-state index < -0.39 is 0 Å². The van der Waals surface area contributed by atoms with Gasteiger partial charge in [0.1, 0.15) is 5.82 Å². The molecular weight excluding hydrogens is 250 g/mol. The number of nitrogens with zero attached hydrogens (tertiary/aromatic N) is 2. The molecule has 1 aromatic heterocycles. The Bertz CT molecular complexity index is 419. The van der Waals surface area contributed by atoms with E-state index in [1.54, 1.807) is 18.0 Å². The molecule has 18 heavy (non-hydrogen) atoms. The van der Waals surface area contributed by atoms with Crippen molar-refractivity contribution in [2.24, 2.45) is 0 Å². The van der Waals surface area contributed by atoms with Crippen LogP contribution in [0.4, 0.5) is 5.82 Å². The van der Waals surface area contributed by atoms with Crippen LogP contribution in [0.15, 0.2) is 12.3 Å². The summed E-state index contributed by atoms with van der Waals surface area (Å²) in [4.78, 5) is 18.2. The van der Waals surface area contributed by atoms with Gasteiger partial charge >= 0.3 is 0 Å². The van der Waals surface area contributed by atoms with Crippen molar-refractivity contribution in [3.05, 3.63) is 22.8 Å². The Labute approximate surface area is 113 Å². The number of nitrogens with one attached hydrogen (secondary N) is 1. The molecule has 0 fully saturated rings. The van der Waals surface area contributed by atoms with E-state index in [-0.39, 0.29) is 11.9 Å². The monoisotopic (exact) mass is 269 g/mol. The Hall–Kier alpha value is -1.29. The summed E-state index contributed by atoms with van der Waals surface area (Å²) in [5, 5.41) is 3.29. The highest BCUT2D eigenvalue weighted by Crippen LogP contribution is 2.21. The largest absolute Gasteiger partial charge is 0.373 e. The molecule has 0 aliphatic heterocycles. The summed E-state index contributed by atoms with van der Waals surface area (Å²) >= 11 is 6.05. The lowest BCUT2D eigenvalue weighted by Gasteiger charge is -2.26. The lowest BCUT2D eigenvalue weighted by molar-refractivity contribution is 0.0724. The van der Waals surface area contributed by atoms with Crippen molar-refractivity contribution < 1.29 is 4.79 Å². The molecule has 0 atom stereocenters. The Morgan fingerprint density at radius 3 is 2.61 bits per heavy atom. The standard InChI is InChI=1S/C13H20ClN3O/c1-5-9(6-2)17(4)13(18)10-7-12(15-3)16-8-11(10)14/h7-9H,5-6H2,1-4H3,(H,15,16). The number of carbonyl (C=O) groups is 1. The maximum atomic E-state index is 12.4. The summed E-state index contributed by atoms with van der Waals surface area (Å²) in [5.74, 6) is 0.577. The molecule has 0 saturated heterocycles. The normalized spacial score (nSPS) is 10.6. The first-order valence-corrected chi connectivity index (χ1v) is 6.53. The molecule has 1 N–H and O–H groups in total. The van der Waals surface area contributed by atoms with Crippen LogP contribution in [-0.4, -0.2) is 35.9 Å². The number of amides is 1. The van der Waals surface area contributed by atoms with Gasteiger partial charge in [0.05, 0.1) is 10.6 Å². The summed E-state index contributed by atoms with van der Waals surface area (Å²) in [6, 6.07) is 1.92. The van der Waals surface area contributed by atoms with Gasteiger partial charge in [-0.2, -0.15) is 0 Å². The summed E-state index contributed by atoms with van der Waals surface area (Å²) in [6.07, 6.45) is 3.36. The van der Waals surface area contributed by atoms with Crippen LogP contribution in [0.2, 0.25) is 5.02 Å². The minimum atomic E-state index is -0.0624. The summed E-state index contributed by atoms with van der Waals surface area (Å²) in [5.41, 5.74) is 0.491. The number of halogens is 1. The fourth-order valence-corrected chi connectivity index (χ4v) is 2.12. The Balaban J connectivity index is 3.02. The molecule has 4 nitrogen and oxygen atoms in total. The van der Waals surface area contributed by atoms with Crippen LogP contribution < -0.4 is 5.32 Å². The molecule has 100 valence electrons. The number of anilines is 1. The lowest BCUT2D eigenvalue weighted by atomic mass is 10.1. The van der Waals surface area contributed by atoms with E-state index in [0.717, 1.165) is 12.8 Å². The van der Waals surface area contributed by atoms with Crippen LogP contribution in [0, 0.1) is 0 Å². The van der Waals surface area contributed by atoms with Crippen LogP contribution in [0.3, 0.4) is 0 Å². The zero-order chi connectivity index (χ0) is 13.7. The van der Waals surface area contributed by atoms with Crippen molar-refractivity contribution in [3.63, 3.8) is 0 Å². The summed E-state index contributed by atoms with van der Waals surface area (Å²) in [6.45, 7) is 4.15. The molecule has 0 aliphatic carbocycles. The topological polar surface area (TPSA) is 45.2 Å². The van der Waals surface area contributed by atoms with E-state index in [9.17, 15) is 4.79 Å². The van der Waals surface area contributed by atoms with Crippen molar-refractivity contribution in [2.45, 2.75) is 32.7 Å². The molecule has 1 rings (SSSR count). The number of hydrogen-bond acceptors (Lipinski definition) is 3. The van der Waals surface area contributed by atoms with Crippen molar-refractivity contribution in [1.82, 2.24) is 9.88 Å².